The maximum absolute atomic E-state index is 9.74. The molecular formula is C18H26Cl2N4O2. The smallest absolute Gasteiger partial charge is 0.156 e. The van der Waals surface area contributed by atoms with Gasteiger partial charge in [-0.25, -0.2) is 9.97 Å². The topological polar surface area (TPSA) is 93.3 Å². The minimum Gasteiger partial charge on any atom is -0.394 e. The Balaban J connectivity index is 0.00000169. The minimum atomic E-state index is -0.215. The summed E-state index contributed by atoms with van der Waals surface area (Å²) < 4.78 is 5.18. The molecule has 0 bridgehead atoms. The summed E-state index contributed by atoms with van der Waals surface area (Å²) in [4.78, 5) is 9.10. The number of anilines is 1. The molecule has 1 aromatic carbocycles. The Bertz CT molecular complexity index is 669. The summed E-state index contributed by atoms with van der Waals surface area (Å²) in [7, 11) is 1.63. The van der Waals surface area contributed by atoms with Crippen LogP contribution >= 0.6 is 24.8 Å². The van der Waals surface area contributed by atoms with Crippen LogP contribution in [-0.4, -0.2) is 34.8 Å². The zero-order chi connectivity index (χ0) is 16.9. The highest BCUT2D eigenvalue weighted by atomic mass is 35.5. The van der Waals surface area contributed by atoms with Crippen molar-refractivity contribution in [1.29, 1.82) is 0 Å². The molecule has 2 aromatic rings. The maximum atomic E-state index is 9.74. The first-order chi connectivity index (χ1) is 11.7. The second-order valence-corrected chi connectivity index (χ2v) is 6.25. The first kappa shape index (κ1) is 22.6. The summed E-state index contributed by atoms with van der Waals surface area (Å²) in [5, 5.41) is 13.0. The third-order valence-corrected chi connectivity index (χ3v) is 4.37. The highest BCUT2D eigenvalue weighted by molar-refractivity contribution is 5.85. The van der Waals surface area contributed by atoms with Gasteiger partial charge >= 0.3 is 0 Å². The van der Waals surface area contributed by atoms with Crippen LogP contribution in [0.1, 0.15) is 41.9 Å². The SMILES string of the molecule is COCc1nc(N[C@H](CO)c2ccccc2)cc(C2CC(N)C2)n1.Cl.Cl. The van der Waals surface area contributed by atoms with Crippen molar-refractivity contribution in [2.45, 2.75) is 37.5 Å². The molecule has 26 heavy (non-hydrogen) atoms. The summed E-state index contributed by atoms with van der Waals surface area (Å²) in [5.41, 5.74) is 7.91. The lowest BCUT2D eigenvalue weighted by Gasteiger charge is -2.32. The number of hydrogen-bond donors (Lipinski definition) is 3. The molecule has 6 nitrogen and oxygen atoms in total. The third kappa shape index (κ3) is 5.53. The maximum Gasteiger partial charge on any atom is 0.156 e. The second kappa shape index (κ2) is 10.6. The molecule has 0 saturated heterocycles. The van der Waals surface area contributed by atoms with Crippen LogP contribution in [0.5, 0.6) is 0 Å². The molecule has 0 aliphatic heterocycles. The Kier molecular flexibility index (Phi) is 9.25. The van der Waals surface area contributed by atoms with E-state index in [1.165, 1.54) is 0 Å². The zero-order valence-electron chi connectivity index (χ0n) is 14.7. The van der Waals surface area contributed by atoms with Gasteiger partial charge in [0.05, 0.1) is 12.6 Å². The highest BCUT2D eigenvalue weighted by Crippen LogP contribution is 2.35. The number of aliphatic hydroxyl groups excluding tert-OH is 1. The minimum absolute atomic E-state index is 0. The van der Waals surface area contributed by atoms with Gasteiger partial charge in [-0.3, -0.25) is 0 Å². The number of hydrogen-bond acceptors (Lipinski definition) is 6. The fourth-order valence-electron chi connectivity index (χ4n) is 3.00. The normalized spacial score (nSPS) is 19.5. The number of nitrogens with zero attached hydrogens (tertiary/aromatic N) is 2. The largest absolute Gasteiger partial charge is 0.394 e. The summed E-state index contributed by atoms with van der Waals surface area (Å²) >= 11 is 0. The van der Waals surface area contributed by atoms with E-state index in [1.807, 2.05) is 36.4 Å². The van der Waals surface area contributed by atoms with Crippen LogP contribution in [0.15, 0.2) is 36.4 Å². The predicted molar refractivity (Wildman–Crippen MR) is 107 cm³/mol. The summed E-state index contributed by atoms with van der Waals surface area (Å²) in [6.45, 7) is 0.341. The van der Waals surface area contributed by atoms with Crippen molar-refractivity contribution in [2.75, 3.05) is 19.0 Å². The molecule has 1 aliphatic rings. The van der Waals surface area contributed by atoms with Gasteiger partial charge in [0, 0.05) is 30.8 Å². The number of rotatable bonds is 7. The van der Waals surface area contributed by atoms with E-state index < -0.39 is 0 Å². The van der Waals surface area contributed by atoms with Crippen LogP contribution in [-0.2, 0) is 11.3 Å². The molecule has 3 rings (SSSR count). The molecule has 0 spiro atoms. The number of benzene rings is 1. The number of aromatic nitrogens is 2. The van der Waals surface area contributed by atoms with E-state index in [2.05, 4.69) is 15.3 Å². The summed E-state index contributed by atoms with van der Waals surface area (Å²) in [5.74, 6) is 1.72. The molecule has 0 amide bonds. The van der Waals surface area contributed by atoms with E-state index in [0.717, 1.165) is 24.1 Å². The van der Waals surface area contributed by atoms with Crippen LogP contribution in [0.25, 0.3) is 0 Å². The predicted octanol–water partition coefficient (Wildman–Crippen LogP) is 2.82. The second-order valence-electron chi connectivity index (χ2n) is 6.25. The lowest BCUT2D eigenvalue weighted by Crippen LogP contribution is -2.35. The van der Waals surface area contributed by atoms with Crippen molar-refractivity contribution >= 4 is 30.6 Å². The molecule has 0 radical (unpaired) electrons. The monoisotopic (exact) mass is 400 g/mol. The Hall–Kier alpha value is -1.44. The highest BCUT2D eigenvalue weighted by Gasteiger charge is 2.29. The Labute approximate surface area is 166 Å². The van der Waals surface area contributed by atoms with E-state index in [0.29, 0.717) is 24.2 Å². The van der Waals surface area contributed by atoms with Crippen LogP contribution in [0.4, 0.5) is 5.82 Å². The molecule has 1 aliphatic carbocycles. The Morgan fingerprint density at radius 2 is 1.92 bits per heavy atom. The van der Waals surface area contributed by atoms with Gasteiger partial charge in [-0.15, -0.1) is 24.8 Å². The Morgan fingerprint density at radius 1 is 1.23 bits per heavy atom. The third-order valence-electron chi connectivity index (χ3n) is 4.37. The van der Waals surface area contributed by atoms with Crippen LogP contribution in [0.3, 0.4) is 0 Å². The lowest BCUT2D eigenvalue weighted by molar-refractivity contribution is 0.177. The lowest BCUT2D eigenvalue weighted by atomic mass is 9.78. The molecular weight excluding hydrogens is 375 g/mol. The van der Waals surface area contributed by atoms with Gasteiger partial charge < -0.3 is 20.9 Å². The first-order valence-electron chi connectivity index (χ1n) is 8.24. The van der Waals surface area contributed by atoms with E-state index in [1.54, 1.807) is 7.11 Å². The van der Waals surface area contributed by atoms with Crippen molar-refractivity contribution in [1.82, 2.24) is 9.97 Å². The van der Waals surface area contributed by atoms with Crippen molar-refractivity contribution in [3.63, 3.8) is 0 Å². The number of halogens is 2. The quantitative estimate of drug-likeness (QED) is 0.661. The summed E-state index contributed by atoms with van der Waals surface area (Å²) in [6.07, 6.45) is 1.90. The van der Waals surface area contributed by atoms with Crippen molar-refractivity contribution < 1.29 is 9.84 Å². The van der Waals surface area contributed by atoms with E-state index in [-0.39, 0.29) is 43.5 Å². The Morgan fingerprint density at radius 3 is 2.50 bits per heavy atom. The molecule has 1 fully saturated rings. The van der Waals surface area contributed by atoms with Crippen molar-refractivity contribution in [3.8, 4) is 0 Å². The number of methoxy groups -OCH3 is 1. The van der Waals surface area contributed by atoms with Gasteiger partial charge in [0.2, 0.25) is 0 Å². The number of ether oxygens (including phenoxy) is 1. The van der Waals surface area contributed by atoms with Gasteiger partial charge in [-0.1, -0.05) is 30.3 Å². The first-order valence-corrected chi connectivity index (χ1v) is 8.24. The molecule has 0 unspecified atom stereocenters. The van der Waals surface area contributed by atoms with Gasteiger partial charge in [-0.2, -0.15) is 0 Å². The van der Waals surface area contributed by atoms with Gasteiger partial charge in [-0.05, 0) is 18.4 Å². The summed E-state index contributed by atoms with van der Waals surface area (Å²) in [6, 6.07) is 11.8. The standard InChI is InChI=1S/C18H24N4O2.2ClH/c1-24-11-18-20-15(13-7-14(19)8-13)9-17(22-18)21-16(10-23)12-5-3-2-4-6-12;;/h2-6,9,13-14,16,23H,7-8,10-11,19H2,1H3,(H,20,21,22);2*1H/t13?,14?,16-;;/m1../s1. The van der Waals surface area contributed by atoms with Gasteiger partial charge in [0.15, 0.2) is 5.82 Å². The molecule has 1 heterocycles. The van der Waals surface area contributed by atoms with Gasteiger partial charge in [0.1, 0.15) is 12.4 Å². The van der Waals surface area contributed by atoms with E-state index in [9.17, 15) is 5.11 Å². The number of nitrogens with two attached hydrogens (primary N) is 1. The fraction of sp³-hybridized carbons (Fsp3) is 0.444. The molecule has 1 saturated carbocycles. The average molecular weight is 401 g/mol. The molecule has 144 valence electrons. The number of nitrogens with one attached hydrogen (secondary N) is 1. The molecule has 1 atom stereocenters. The van der Waals surface area contributed by atoms with Crippen molar-refractivity contribution in [3.05, 3.63) is 53.5 Å². The van der Waals surface area contributed by atoms with E-state index in [4.69, 9.17) is 10.5 Å². The van der Waals surface area contributed by atoms with Gasteiger partial charge in [0.25, 0.3) is 0 Å². The molecule has 8 heteroatoms. The number of aliphatic hydroxyl groups is 1. The average Bonchev–Trinajstić information content (AvgIpc) is 2.58. The molecule has 1 aromatic heterocycles. The van der Waals surface area contributed by atoms with Crippen LogP contribution in [0, 0.1) is 0 Å². The molecule has 4 N–H and O–H groups in total. The zero-order valence-corrected chi connectivity index (χ0v) is 16.3. The van der Waals surface area contributed by atoms with Crippen LogP contribution < -0.4 is 11.1 Å². The van der Waals surface area contributed by atoms with E-state index >= 15 is 0 Å². The fourth-order valence-corrected chi connectivity index (χ4v) is 3.00. The van der Waals surface area contributed by atoms with Crippen molar-refractivity contribution in [2.24, 2.45) is 5.73 Å². The van der Waals surface area contributed by atoms with Crippen LogP contribution in [0.2, 0.25) is 0 Å².